The minimum atomic E-state index is -4.41. The van der Waals surface area contributed by atoms with Gasteiger partial charge in [0.05, 0.1) is 11.1 Å². The molecule has 0 bridgehead atoms. The van der Waals surface area contributed by atoms with Gasteiger partial charge < -0.3 is 0 Å². The Kier molecular flexibility index (Phi) is 7.43. The van der Waals surface area contributed by atoms with Gasteiger partial charge in [-0.3, -0.25) is 19.0 Å². The Morgan fingerprint density at radius 1 is 1.06 bits per heavy atom. The first-order valence-corrected chi connectivity index (χ1v) is 5.91. The zero-order chi connectivity index (χ0) is 11.9. The molecule has 1 N–H and O–H groups in total. The minimum absolute atomic E-state index is 0. The van der Waals surface area contributed by atoms with E-state index in [1.807, 2.05) is 0 Å². The predicted molar refractivity (Wildman–Crippen MR) is 67.7 cm³/mol. The topological polar surface area (TPSA) is 91.8 Å². The maximum atomic E-state index is 11.6. The zero-order valence-corrected chi connectivity index (χ0v) is 8.77. The molecule has 2 amide bonds. The van der Waals surface area contributed by atoms with Crippen molar-refractivity contribution in [3.63, 3.8) is 0 Å². The van der Waals surface area contributed by atoms with E-state index in [2.05, 4.69) is 0 Å². The van der Waals surface area contributed by atoms with Crippen molar-refractivity contribution in [3.05, 3.63) is 35.4 Å². The number of hydrogen-bond donors (Lipinski definition) is 1. The third-order valence-corrected chi connectivity index (χ3v) is 2.75. The van der Waals surface area contributed by atoms with E-state index in [1.54, 1.807) is 12.1 Å². The molecule has 0 fully saturated rings. The number of carbonyl (C=O) groups excluding carboxylic acids is 2. The summed E-state index contributed by atoms with van der Waals surface area (Å²) >= 11 is 0. The Bertz CT molecular complexity index is 553. The Hall–Kier alpha value is 0.906. The van der Waals surface area contributed by atoms with Crippen molar-refractivity contribution >= 4 is 103 Å². The standard InChI is InChI=1S/C9H7NO5S.K.Na.2H/c11-8-6-3-1-2-4-7(6)9(12)10(8)5-16(13,14)15;;;;/h1-4H,5H2,(H,13,14,15);;;;. The van der Waals surface area contributed by atoms with Crippen LogP contribution in [-0.4, -0.2) is 117 Å². The van der Waals surface area contributed by atoms with Gasteiger partial charge in [0, 0.05) is 0 Å². The molecular formula is C9H9KNNaO5S. The fourth-order valence-corrected chi connectivity index (χ4v) is 2.08. The second kappa shape index (κ2) is 7.07. The van der Waals surface area contributed by atoms with Crippen LogP contribution in [-0.2, 0) is 10.1 Å². The molecule has 0 aliphatic carbocycles. The first kappa shape index (κ1) is 18.9. The van der Waals surface area contributed by atoms with Gasteiger partial charge in [-0.05, 0) is 12.1 Å². The monoisotopic (exact) mass is 305 g/mol. The van der Waals surface area contributed by atoms with Crippen LogP contribution in [0.15, 0.2) is 24.3 Å². The van der Waals surface area contributed by atoms with Gasteiger partial charge in [0.15, 0.2) is 5.88 Å². The zero-order valence-electron chi connectivity index (χ0n) is 7.95. The summed E-state index contributed by atoms with van der Waals surface area (Å²) in [4.78, 5) is 23.7. The van der Waals surface area contributed by atoms with Crippen LogP contribution in [0.1, 0.15) is 20.7 Å². The van der Waals surface area contributed by atoms with E-state index in [9.17, 15) is 18.0 Å². The molecule has 6 nitrogen and oxygen atoms in total. The van der Waals surface area contributed by atoms with E-state index >= 15 is 0 Å². The summed E-state index contributed by atoms with van der Waals surface area (Å²) in [5.74, 6) is -2.43. The van der Waals surface area contributed by atoms with E-state index in [0.29, 0.717) is 4.90 Å². The molecule has 0 aromatic heterocycles. The van der Waals surface area contributed by atoms with Gasteiger partial charge in [0.1, 0.15) is 0 Å². The van der Waals surface area contributed by atoms with Gasteiger partial charge in [0.2, 0.25) is 0 Å². The molecule has 1 aromatic carbocycles. The van der Waals surface area contributed by atoms with Crippen LogP contribution in [0.3, 0.4) is 0 Å². The third-order valence-electron chi connectivity index (χ3n) is 2.17. The summed E-state index contributed by atoms with van der Waals surface area (Å²) in [6, 6.07) is 6.00. The summed E-state index contributed by atoms with van der Waals surface area (Å²) in [6.07, 6.45) is 0. The van der Waals surface area contributed by atoms with E-state index in [1.165, 1.54) is 12.1 Å². The number of carbonyl (C=O) groups is 2. The molecule has 0 atom stereocenters. The first-order valence-electron chi connectivity index (χ1n) is 4.30. The molecule has 0 saturated heterocycles. The maximum absolute atomic E-state index is 11.6. The second-order valence-corrected chi connectivity index (χ2v) is 4.72. The molecule has 0 saturated carbocycles. The Balaban J connectivity index is 0.00000144. The molecule has 1 heterocycles. The van der Waals surface area contributed by atoms with Crippen LogP contribution >= 0.6 is 0 Å². The Morgan fingerprint density at radius 2 is 1.44 bits per heavy atom. The SMILES string of the molecule is O=C1c2ccccc2C(=O)N1CS(=O)(=O)O.[KH].[NaH]. The van der Waals surface area contributed by atoms with E-state index in [0.717, 1.165) is 0 Å². The normalized spacial score (nSPS) is 13.7. The Morgan fingerprint density at radius 3 is 1.78 bits per heavy atom. The molecule has 18 heavy (non-hydrogen) atoms. The molecule has 0 radical (unpaired) electrons. The molecule has 9 heteroatoms. The average molecular weight is 305 g/mol. The number of hydrogen-bond acceptors (Lipinski definition) is 4. The predicted octanol–water partition coefficient (Wildman–Crippen LogP) is -1.17. The van der Waals surface area contributed by atoms with Crippen molar-refractivity contribution in [1.82, 2.24) is 4.90 Å². The van der Waals surface area contributed by atoms with Crippen LogP contribution in [0.25, 0.3) is 0 Å². The summed E-state index contributed by atoms with van der Waals surface area (Å²) in [6.45, 7) is 0. The van der Waals surface area contributed by atoms with Gasteiger partial charge in [-0.15, -0.1) is 0 Å². The number of imide groups is 1. The number of nitrogens with zero attached hydrogens (tertiary/aromatic N) is 1. The number of amides is 2. The fraction of sp³-hybridized carbons (Fsp3) is 0.111. The molecule has 1 aliphatic rings. The third kappa shape index (κ3) is 3.95. The van der Waals surface area contributed by atoms with Crippen LogP contribution < -0.4 is 0 Å². The van der Waals surface area contributed by atoms with Crippen molar-refractivity contribution < 1.29 is 22.6 Å². The van der Waals surface area contributed by atoms with Crippen LogP contribution in [0.2, 0.25) is 0 Å². The summed E-state index contributed by atoms with van der Waals surface area (Å²) in [5, 5.41) is 0. The summed E-state index contributed by atoms with van der Waals surface area (Å²) in [7, 11) is -4.41. The van der Waals surface area contributed by atoms with Crippen molar-refractivity contribution in [2.45, 2.75) is 0 Å². The van der Waals surface area contributed by atoms with E-state index in [-0.39, 0.29) is 92.1 Å². The van der Waals surface area contributed by atoms with Crippen molar-refractivity contribution in [2.24, 2.45) is 0 Å². The van der Waals surface area contributed by atoms with Gasteiger partial charge in [-0.25, -0.2) is 0 Å². The van der Waals surface area contributed by atoms with Crippen LogP contribution in [0.5, 0.6) is 0 Å². The molecule has 88 valence electrons. The Labute approximate surface area is 169 Å². The number of benzene rings is 1. The number of rotatable bonds is 2. The van der Waals surface area contributed by atoms with Gasteiger partial charge in [-0.2, -0.15) is 8.42 Å². The van der Waals surface area contributed by atoms with Gasteiger partial charge in [-0.1, -0.05) is 12.1 Å². The van der Waals surface area contributed by atoms with Crippen LogP contribution in [0, 0.1) is 0 Å². The van der Waals surface area contributed by atoms with E-state index < -0.39 is 27.8 Å². The van der Waals surface area contributed by atoms with Crippen molar-refractivity contribution in [3.8, 4) is 0 Å². The fourth-order valence-electron chi connectivity index (χ4n) is 1.52. The average Bonchev–Trinajstić information content (AvgIpc) is 2.43. The van der Waals surface area contributed by atoms with Gasteiger partial charge >= 0.3 is 80.9 Å². The number of fused-ring (bicyclic) bond motifs is 1. The summed E-state index contributed by atoms with van der Waals surface area (Å²) < 4.78 is 29.9. The molecule has 0 unspecified atom stereocenters. The van der Waals surface area contributed by atoms with E-state index in [4.69, 9.17) is 4.55 Å². The summed E-state index contributed by atoms with van der Waals surface area (Å²) in [5.41, 5.74) is 0.298. The molecule has 2 rings (SSSR count). The quantitative estimate of drug-likeness (QED) is 0.422. The molecule has 1 aromatic rings. The van der Waals surface area contributed by atoms with Crippen molar-refractivity contribution in [1.29, 1.82) is 0 Å². The van der Waals surface area contributed by atoms with Gasteiger partial charge in [0.25, 0.3) is 21.9 Å². The second-order valence-electron chi connectivity index (χ2n) is 3.29. The molecular weight excluding hydrogens is 296 g/mol. The molecule has 0 spiro atoms. The van der Waals surface area contributed by atoms with Crippen molar-refractivity contribution in [2.75, 3.05) is 5.88 Å². The molecule has 1 aliphatic heterocycles. The first-order chi connectivity index (χ1) is 7.40. The van der Waals surface area contributed by atoms with Crippen LogP contribution in [0.4, 0.5) is 0 Å².